The number of halogens is 3. The molecule has 1 amide bonds. The molecule has 31 heavy (non-hydrogen) atoms. The summed E-state index contributed by atoms with van der Waals surface area (Å²) in [7, 11) is 0. The normalized spacial score (nSPS) is 18.2. The maximum absolute atomic E-state index is 13.6. The van der Waals surface area contributed by atoms with Crippen molar-refractivity contribution in [2.75, 3.05) is 22.9 Å². The topological polar surface area (TPSA) is 60.9 Å². The van der Waals surface area contributed by atoms with Crippen molar-refractivity contribution in [2.45, 2.75) is 38.3 Å². The molecule has 1 saturated heterocycles. The number of carbonyl (C=O) groups is 2. The average Bonchev–Trinajstić information content (AvgIpc) is 2.93. The van der Waals surface area contributed by atoms with Crippen LogP contribution in [0.25, 0.3) is 0 Å². The standard InChI is InChI=1S/C23H23F3N2O3/c1-3-22(4-2)18-10-15(23(24,25)26)8-9-19(18)28(21(22)31)17-7-5-6-16(11-17)27-12-14(13-27)20(29)30/h5-11,14H,3-4,12-13H2,1-2H3,(H,29,30). The molecule has 0 bridgehead atoms. The Hall–Kier alpha value is -3.03. The Balaban J connectivity index is 1.76. The van der Waals surface area contributed by atoms with Crippen molar-refractivity contribution in [2.24, 2.45) is 5.92 Å². The first-order valence-corrected chi connectivity index (χ1v) is 10.3. The first-order chi connectivity index (χ1) is 14.6. The molecule has 8 heteroatoms. The van der Waals surface area contributed by atoms with Gasteiger partial charge in [-0.1, -0.05) is 19.9 Å². The predicted molar refractivity (Wildman–Crippen MR) is 111 cm³/mol. The van der Waals surface area contributed by atoms with Crippen molar-refractivity contribution < 1.29 is 27.9 Å². The number of alkyl halides is 3. The van der Waals surface area contributed by atoms with E-state index in [1.807, 2.05) is 24.8 Å². The highest BCUT2D eigenvalue weighted by molar-refractivity contribution is 6.13. The van der Waals surface area contributed by atoms with Crippen LogP contribution >= 0.6 is 0 Å². The Morgan fingerprint density at radius 2 is 1.74 bits per heavy atom. The highest BCUT2D eigenvalue weighted by Crippen LogP contribution is 2.51. The maximum Gasteiger partial charge on any atom is 0.416 e. The number of aliphatic carboxylic acids is 1. The predicted octanol–water partition coefficient (Wildman–Crippen LogP) is 4.96. The Kier molecular flexibility index (Phi) is 4.98. The molecule has 2 aliphatic heterocycles. The molecule has 4 rings (SSSR count). The van der Waals surface area contributed by atoms with E-state index in [0.29, 0.717) is 42.9 Å². The minimum absolute atomic E-state index is 0.240. The zero-order valence-electron chi connectivity index (χ0n) is 17.2. The van der Waals surface area contributed by atoms with Crippen LogP contribution in [0.2, 0.25) is 0 Å². The van der Waals surface area contributed by atoms with Crippen LogP contribution in [0.1, 0.15) is 37.8 Å². The fourth-order valence-corrected chi connectivity index (χ4v) is 4.59. The minimum Gasteiger partial charge on any atom is -0.481 e. The number of benzene rings is 2. The third-order valence-corrected chi connectivity index (χ3v) is 6.58. The summed E-state index contributed by atoms with van der Waals surface area (Å²) in [5.41, 5.74) is 0.426. The lowest BCUT2D eigenvalue weighted by atomic mass is 9.76. The molecule has 0 aromatic heterocycles. The lowest BCUT2D eigenvalue weighted by Gasteiger charge is -2.39. The zero-order valence-corrected chi connectivity index (χ0v) is 17.2. The molecule has 0 spiro atoms. The number of amides is 1. The van der Waals surface area contributed by atoms with Crippen LogP contribution in [0.5, 0.6) is 0 Å². The molecule has 0 aliphatic carbocycles. The van der Waals surface area contributed by atoms with E-state index >= 15 is 0 Å². The Morgan fingerprint density at radius 3 is 2.32 bits per heavy atom. The van der Waals surface area contributed by atoms with Gasteiger partial charge in [0.15, 0.2) is 0 Å². The van der Waals surface area contributed by atoms with Crippen molar-refractivity contribution in [1.29, 1.82) is 0 Å². The van der Waals surface area contributed by atoms with Crippen molar-refractivity contribution in [3.8, 4) is 0 Å². The van der Waals surface area contributed by atoms with Crippen molar-refractivity contribution in [3.63, 3.8) is 0 Å². The number of rotatable bonds is 5. The quantitative estimate of drug-likeness (QED) is 0.725. The molecule has 5 nitrogen and oxygen atoms in total. The van der Waals surface area contributed by atoms with E-state index in [-0.39, 0.29) is 5.91 Å². The summed E-state index contributed by atoms with van der Waals surface area (Å²) in [5, 5.41) is 9.10. The summed E-state index contributed by atoms with van der Waals surface area (Å²) in [5.74, 6) is -1.50. The first kappa shape index (κ1) is 21.2. The van der Waals surface area contributed by atoms with E-state index in [1.165, 1.54) is 11.0 Å². The van der Waals surface area contributed by atoms with Crippen molar-refractivity contribution in [3.05, 3.63) is 53.6 Å². The van der Waals surface area contributed by atoms with E-state index in [0.717, 1.165) is 17.8 Å². The van der Waals surface area contributed by atoms with Gasteiger partial charge in [0.05, 0.1) is 28.3 Å². The number of hydrogen-bond donors (Lipinski definition) is 1. The number of carboxylic acid groups (broad SMARTS) is 1. The Morgan fingerprint density at radius 1 is 1.10 bits per heavy atom. The highest BCUT2D eigenvalue weighted by atomic mass is 19.4. The van der Waals surface area contributed by atoms with Gasteiger partial charge in [-0.2, -0.15) is 13.2 Å². The molecular weight excluding hydrogens is 409 g/mol. The van der Waals surface area contributed by atoms with Crippen molar-refractivity contribution >= 4 is 28.9 Å². The van der Waals surface area contributed by atoms with Gasteiger partial charge in [-0.3, -0.25) is 14.5 Å². The zero-order chi connectivity index (χ0) is 22.6. The molecule has 164 valence electrons. The van der Waals surface area contributed by atoms with Crippen LogP contribution in [0, 0.1) is 5.92 Å². The lowest BCUT2D eigenvalue weighted by molar-refractivity contribution is -0.142. The molecule has 2 aromatic rings. The molecule has 1 N–H and O–H groups in total. The Labute approximate surface area is 178 Å². The molecule has 2 heterocycles. The van der Waals surface area contributed by atoms with E-state index < -0.39 is 29.0 Å². The monoisotopic (exact) mass is 432 g/mol. The summed E-state index contributed by atoms with van der Waals surface area (Å²) in [4.78, 5) is 28.1. The number of hydrogen-bond acceptors (Lipinski definition) is 3. The second-order valence-corrected chi connectivity index (χ2v) is 8.12. The number of carboxylic acids is 1. The molecule has 2 aliphatic rings. The molecule has 0 atom stereocenters. The second-order valence-electron chi connectivity index (χ2n) is 8.12. The molecule has 2 aromatic carbocycles. The van der Waals surface area contributed by atoms with Crippen LogP contribution in [0.4, 0.5) is 30.2 Å². The van der Waals surface area contributed by atoms with E-state index in [9.17, 15) is 22.8 Å². The van der Waals surface area contributed by atoms with Crippen LogP contribution in [0.3, 0.4) is 0 Å². The van der Waals surface area contributed by atoms with Crippen LogP contribution in [0.15, 0.2) is 42.5 Å². The summed E-state index contributed by atoms with van der Waals surface area (Å²) in [6, 6.07) is 10.6. The van der Waals surface area contributed by atoms with Gasteiger partial charge >= 0.3 is 12.1 Å². The van der Waals surface area contributed by atoms with Gasteiger partial charge in [-0.15, -0.1) is 0 Å². The van der Waals surface area contributed by atoms with E-state index in [1.54, 1.807) is 18.2 Å². The average molecular weight is 432 g/mol. The molecule has 0 unspecified atom stereocenters. The van der Waals surface area contributed by atoms with Gasteiger partial charge in [0.25, 0.3) is 0 Å². The third-order valence-electron chi connectivity index (χ3n) is 6.58. The lowest BCUT2D eigenvalue weighted by Crippen LogP contribution is -2.50. The largest absolute Gasteiger partial charge is 0.481 e. The van der Waals surface area contributed by atoms with Gasteiger partial charge in [-0.25, -0.2) is 0 Å². The van der Waals surface area contributed by atoms with Gasteiger partial charge in [0.2, 0.25) is 5.91 Å². The Bertz CT molecular complexity index is 1040. The molecule has 0 radical (unpaired) electrons. The maximum atomic E-state index is 13.6. The summed E-state index contributed by atoms with van der Waals surface area (Å²) in [6.45, 7) is 4.40. The highest BCUT2D eigenvalue weighted by Gasteiger charge is 2.50. The van der Waals surface area contributed by atoms with Crippen molar-refractivity contribution in [1.82, 2.24) is 0 Å². The van der Waals surface area contributed by atoms with Gasteiger partial charge in [0, 0.05) is 18.8 Å². The summed E-state index contributed by atoms with van der Waals surface area (Å²) >= 11 is 0. The minimum atomic E-state index is -4.49. The van der Waals surface area contributed by atoms with Crippen LogP contribution in [-0.2, 0) is 21.2 Å². The van der Waals surface area contributed by atoms with Crippen LogP contribution in [-0.4, -0.2) is 30.1 Å². The number of carbonyl (C=O) groups excluding carboxylic acids is 1. The van der Waals surface area contributed by atoms with Gasteiger partial charge < -0.3 is 10.0 Å². The second kappa shape index (κ2) is 7.28. The SMILES string of the molecule is CCC1(CC)C(=O)N(c2cccc(N3CC(C(=O)O)C3)c2)c2ccc(C(F)(F)F)cc21. The number of fused-ring (bicyclic) bond motifs is 1. The summed E-state index contributed by atoms with van der Waals surface area (Å²) < 4.78 is 40.1. The molecule has 1 fully saturated rings. The fraction of sp³-hybridized carbons (Fsp3) is 0.391. The fourth-order valence-electron chi connectivity index (χ4n) is 4.59. The van der Waals surface area contributed by atoms with Crippen LogP contribution < -0.4 is 9.80 Å². The van der Waals surface area contributed by atoms with E-state index in [2.05, 4.69) is 0 Å². The number of anilines is 3. The van der Waals surface area contributed by atoms with Gasteiger partial charge in [-0.05, 0) is 54.8 Å². The number of nitrogens with zero attached hydrogens (tertiary/aromatic N) is 2. The third kappa shape index (κ3) is 3.25. The summed E-state index contributed by atoms with van der Waals surface area (Å²) in [6.07, 6.45) is -3.71. The first-order valence-electron chi connectivity index (χ1n) is 10.3. The van der Waals surface area contributed by atoms with Gasteiger partial charge in [0.1, 0.15) is 0 Å². The molecular formula is C23H23F3N2O3. The molecule has 0 saturated carbocycles. The van der Waals surface area contributed by atoms with E-state index in [4.69, 9.17) is 5.11 Å². The smallest absolute Gasteiger partial charge is 0.416 e.